The average Bonchev–Trinajstić information content (AvgIpc) is 3.57. The Bertz CT molecular complexity index is 1260. The number of nitrogens with one attached hydrogen (secondary N) is 1. The number of nitrogens with zero attached hydrogens (tertiary/aromatic N) is 5. The van der Waals surface area contributed by atoms with Crippen LogP contribution in [0.1, 0.15) is 17.6 Å². The summed E-state index contributed by atoms with van der Waals surface area (Å²) in [6.45, 7) is 4.78. The number of aromatic nitrogens is 4. The first-order valence-corrected chi connectivity index (χ1v) is 12.5. The number of benzene rings is 1. The topological polar surface area (TPSA) is 86.0 Å². The van der Waals surface area contributed by atoms with Gasteiger partial charge in [0, 0.05) is 54.1 Å². The minimum atomic E-state index is -2.70. The predicted octanol–water partition coefficient (Wildman–Crippen LogP) is 4.09. The second kappa shape index (κ2) is 11.7. The van der Waals surface area contributed by atoms with Crippen LogP contribution in [0.15, 0.2) is 48.1 Å². The van der Waals surface area contributed by atoms with Crippen molar-refractivity contribution in [3.63, 3.8) is 0 Å². The number of fused-ring (bicyclic) bond motifs is 1. The number of pyridine rings is 1. The molecule has 0 bridgehead atoms. The Hall–Kier alpha value is -3.19. The fourth-order valence-electron chi connectivity index (χ4n) is 3.90. The lowest BCUT2D eigenvalue weighted by Gasteiger charge is -2.26. The van der Waals surface area contributed by atoms with E-state index in [1.54, 1.807) is 29.0 Å². The highest BCUT2D eigenvalue weighted by Crippen LogP contribution is 2.33. The van der Waals surface area contributed by atoms with Crippen LogP contribution in [0.3, 0.4) is 0 Å². The van der Waals surface area contributed by atoms with Gasteiger partial charge in [-0.3, -0.25) is 4.90 Å². The molecule has 190 valence electrons. The molecular formula is C24H26F2N6O3S. The van der Waals surface area contributed by atoms with E-state index in [1.165, 1.54) is 17.4 Å². The number of halogens is 2. The smallest absolute Gasteiger partial charge is 0.264 e. The Morgan fingerprint density at radius 3 is 2.89 bits per heavy atom. The molecule has 1 saturated heterocycles. The van der Waals surface area contributed by atoms with Crippen LogP contribution < -0.4 is 10.1 Å². The number of anilines is 1. The Kier molecular flexibility index (Phi) is 7.96. The molecule has 1 fully saturated rings. The summed E-state index contributed by atoms with van der Waals surface area (Å²) in [6, 6.07) is 8.34. The van der Waals surface area contributed by atoms with Crippen LogP contribution in [0.4, 0.5) is 13.9 Å². The van der Waals surface area contributed by atoms with Crippen molar-refractivity contribution < 1.29 is 23.0 Å². The van der Waals surface area contributed by atoms with Gasteiger partial charge in [-0.2, -0.15) is 0 Å². The van der Waals surface area contributed by atoms with Crippen molar-refractivity contribution in [2.45, 2.75) is 13.0 Å². The fraction of sp³-hybridized carbons (Fsp3) is 0.375. The molecule has 0 amide bonds. The van der Waals surface area contributed by atoms with Gasteiger partial charge in [-0.05, 0) is 24.3 Å². The van der Waals surface area contributed by atoms with Gasteiger partial charge in [-0.15, -0.1) is 16.4 Å². The van der Waals surface area contributed by atoms with Gasteiger partial charge in [0.2, 0.25) is 0 Å². The number of ether oxygens (including phenoxy) is 3. The second-order valence-electron chi connectivity index (χ2n) is 8.10. The zero-order valence-corrected chi connectivity index (χ0v) is 20.3. The number of hydrogen-bond acceptors (Lipinski definition) is 9. The van der Waals surface area contributed by atoms with E-state index in [4.69, 9.17) is 14.2 Å². The molecule has 0 unspecified atom stereocenters. The zero-order chi connectivity index (χ0) is 24.7. The van der Waals surface area contributed by atoms with Gasteiger partial charge in [0.1, 0.15) is 19.1 Å². The molecule has 1 aliphatic heterocycles. The van der Waals surface area contributed by atoms with Crippen LogP contribution in [-0.4, -0.2) is 70.7 Å². The first-order chi connectivity index (χ1) is 17.7. The summed E-state index contributed by atoms with van der Waals surface area (Å²) in [6.07, 6.45) is 0.742. The van der Waals surface area contributed by atoms with E-state index in [0.717, 1.165) is 23.8 Å². The van der Waals surface area contributed by atoms with Gasteiger partial charge in [-0.25, -0.2) is 23.3 Å². The lowest BCUT2D eigenvalue weighted by atomic mass is 10.1. The Balaban J connectivity index is 1.28. The maximum absolute atomic E-state index is 14.0. The fourth-order valence-corrected chi connectivity index (χ4v) is 4.42. The summed E-state index contributed by atoms with van der Waals surface area (Å²) in [4.78, 5) is 10.9. The van der Waals surface area contributed by atoms with Crippen molar-refractivity contribution in [2.24, 2.45) is 0 Å². The van der Waals surface area contributed by atoms with Crippen molar-refractivity contribution in [1.29, 1.82) is 0 Å². The first kappa shape index (κ1) is 24.5. The Labute approximate surface area is 210 Å². The molecule has 4 aromatic rings. The molecule has 1 N–H and O–H groups in total. The van der Waals surface area contributed by atoms with Crippen LogP contribution in [0, 0.1) is 0 Å². The highest BCUT2D eigenvalue weighted by molar-refractivity contribution is 7.13. The summed E-state index contributed by atoms with van der Waals surface area (Å²) in [7, 11) is 0. The molecule has 0 aliphatic carbocycles. The number of thiazole rings is 1. The van der Waals surface area contributed by atoms with Gasteiger partial charge in [0.05, 0.1) is 19.8 Å². The van der Waals surface area contributed by atoms with E-state index in [9.17, 15) is 8.78 Å². The van der Waals surface area contributed by atoms with E-state index in [0.29, 0.717) is 37.8 Å². The summed E-state index contributed by atoms with van der Waals surface area (Å²) in [5, 5.41) is 10.2. The van der Waals surface area contributed by atoms with Crippen molar-refractivity contribution >= 4 is 22.1 Å². The van der Waals surface area contributed by atoms with Gasteiger partial charge < -0.3 is 19.5 Å². The van der Waals surface area contributed by atoms with Crippen molar-refractivity contribution in [1.82, 2.24) is 24.5 Å². The molecule has 5 rings (SSSR count). The Morgan fingerprint density at radius 1 is 1.19 bits per heavy atom. The first-order valence-electron chi connectivity index (χ1n) is 11.6. The summed E-state index contributed by atoms with van der Waals surface area (Å²) < 4.78 is 46.4. The maximum Gasteiger partial charge on any atom is 0.264 e. The Morgan fingerprint density at radius 2 is 2.08 bits per heavy atom. The SMILES string of the molecule is FC(F)c1cc(OCCN2CCOCC2)ccc1-c1nc2c(COCNc3nccs3)cccn2n1. The summed E-state index contributed by atoms with van der Waals surface area (Å²) >= 11 is 1.48. The highest BCUT2D eigenvalue weighted by atomic mass is 32.1. The summed E-state index contributed by atoms with van der Waals surface area (Å²) in [5.74, 6) is 0.617. The van der Waals surface area contributed by atoms with Crippen LogP contribution >= 0.6 is 11.3 Å². The molecule has 0 spiro atoms. The van der Waals surface area contributed by atoms with Gasteiger partial charge >= 0.3 is 0 Å². The molecule has 1 aromatic carbocycles. The lowest BCUT2D eigenvalue weighted by Crippen LogP contribution is -2.38. The van der Waals surface area contributed by atoms with Gasteiger partial charge in [-0.1, -0.05) is 6.07 Å². The van der Waals surface area contributed by atoms with E-state index < -0.39 is 6.43 Å². The predicted molar refractivity (Wildman–Crippen MR) is 132 cm³/mol. The minimum Gasteiger partial charge on any atom is -0.492 e. The third-order valence-corrected chi connectivity index (χ3v) is 6.47. The molecule has 1 aliphatic rings. The molecule has 3 aromatic heterocycles. The number of hydrogen-bond donors (Lipinski definition) is 1. The van der Waals surface area contributed by atoms with Crippen molar-refractivity contribution in [3.8, 4) is 17.1 Å². The zero-order valence-electron chi connectivity index (χ0n) is 19.5. The molecule has 4 heterocycles. The van der Waals surface area contributed by atoms with E-state index in [2.05, 4.69) is 25.3 Å². The van der Waals surface area contributed by atoms with Gasteiger partial charge in [0.25, 0.3) is 6.43 Å². The molecule has 36 heavy (non-hydrogen) atoms. The van der Waals surface area contributed by atoms with Crippen LogP contribution in [0.5, 0.6) is 5.75 Å². The monoisotopic (exact) mass is 516 g/mol. The van der Waals surface area contributed by atoms with E-state index >= 15 is 0 Å². The van der Waals surface area contributed by atoms with Crippen LogP contribution in [0.2, 0.25) is 0 Å². The summed E-state index contributed by atoms with van der Waals surface area (Å²) in [5.41, 5.74) is 1.44. The highest BCUT2D eigenvalue weighted by Gasteiger charge is 2.20. The van der Waals surface area contributed by atoms with Crippen molar-refractivity contribution in [3.05, 3.63) is 59.2 Å². The third-order valence-electron chi connectivity index (χ3n) is 5.74. The normalized spacial score (nSPS) is 14.5. The largest absolute Gasteiger partial charge is 0.492 e. The quantitative estimate of drug-likeness (QED) is 0.236. The third kappa shape index (κ3) is 5.95. The molecule has 0 radical (unpaired) electrons. The molecule has 0 saturated carbocycles. The second-order valence-corrected chi connectivity index (χ2v) is 8.99. The standard InChI is InChI=1S/C24H26F2N6O3S/c25-21(26)20-14-18(35-12-9-31-7-10-33-11-8-31)3-4-19(20)22-29-23-17(2-1-6-32(23)30-22)15-34-16-28-24-27-5-13-36-24/h1-6,13-14,21H,7-12,15-16H2,(H,27,28). The number of morpholine rings is 1. The van der Waals surface area contributed by atoms with Crippen molar-refractivity contribution in [2.75, 3.05) is 51.5 Å². The minimum absolute atomic E-state index is 0.166. The number of alkyl halides is 2. The maximum atomic E-state index is 14.0. The van der Waals surface area contributed by atoms with Gasteiger partial charge in [0.15, 0.2) is 16.6 Å². The van der Waals surface area contributed by atoms with Crippen LogP contribution in [0.25, 0.3) is 17.0 Å². The van der Waals surface area contributed by atoms with E-state index in [-0.39, 0.29) is 30.3 Å². The molecular weight excluding hydrogens is 490 g/mol. The lowest BCUT2D eigenvalue weighted by molar-refractivity contribution is 0.0322. The van der Waals surface area contributed by atoms with Crippen LogP contribution in [-0.2, 0) is 16.1 Å². The average molecular weight is 517 g/mol. The molecule has 9 nitrogen and oxygen atoms in total. The molecule has 12 heteroatoms. The molecule has 0 atom stereocenters. The number of rotatable bonds is 11. The van der Waals surface area contributed by atoms with E-state index in [1.807, 2.05) is 17.5 Å².